The predicted octanol–water partition coefficient (Wildman–Crippen LogP) is 3.42. The molecule has 0 saturated carbocycles. The molecule has 0 atom stereocenters. The van der Waals surface area contributed by atoms with Gasteiger partial charge in [-0.1, -0.05) is 63.2 Å². The summed E-state index contributed by atoms with van der Waals surface area (Å²) in [4.78, 5) is 23.6. The second kappa shape index (κ2) is 8.33. The number of carbonyl (C=O) groups excluding carboxylic acids is 2. The minimum Gasteiger partial charge on any atom is -0.334 e. The Labute approximate surface area is 148 Å². The first-order valence-electron chi connectivity index (χ1n) is 8.30. The number of rotatable bonds is 5. The van der Waals surface area contributed by atoms with Gasteiger partial charge in [-0.25, -0.2) is 4.79 Å². The number of hydrogen-bond donors (Lipinski definition) is 3. The Bertz CT molecular complexity index is 704. The van der Waals surface area contributed by atoms with Gasteiger partial charge < -0.3 is 16.0 Å². The van der Waals surface area contributed by atoms with Crippen molar-refractivity contribution in [1.29, 1.82) is 0 Å². The van der Waals surface area contributed by atoms with Crippen molar-refractivity contribution in [1.82, 2.24) is 10.6 Å². The monoisotopic (exact) mass is 339 g/mol. The fourth-order valence-electron chi connectivity index (χ4n) is 2.26. The van der Waals surface area contributed by atoms with Crippen LogP contribution < -0.4 is 16.0 Å². The summed E-state index contributed by atoms with van der Waals surface area (Å²) in [6.45, 7) is 6.75. The van der Waals surface area contributed by atoms with E-state index in [9.17, 15) is 9.59 Å². The summed E-state index contributed by atoms with van der Waals surface area (Å²) in [6, 6.07) is 16.9. The van der Waals surface area contributed by atoms with E-state index in [0.29, 0.717) is 12.2 Å². The maximum absolute atomic E-state index is 11.9. The van der Waals surface area contributed by atoms with Crippen molar-refractivity contribution in [2.75, 3.05) is 11.9 Å². The molecule has 5 heteroatoms. The van der Waals surface area contributed by atoms with Crippen molar-refractivity contribution in [3.8, 4) is 0 Å². The molecule has 0 bridgehead atoms. The van der Waals surface area contributed by atoms with E-state index in [2.05, 4.69) is 36.7 Å². The highest BCUT2D eigenvalue weighted by atomic mass is 16.2. The first-order chi connectivity index (χ1) is 11.8. The normalized spacial score (nSPS) is 10.8. The van der Waals surface area contributed by atoms with Crippen LogP contribution in [0.1, 0.15) is 31.9 Å². The van der Waals surface area contributed by atoms with Crippen LogP contribution in [-0.2, 0) is 16.8 Å². The Morgan fingerprint density at radius 3 is 2.12 bits per heavy atom. The first-order valence-corrected chi connectivity index (χ1v) is 8.30. The van der Waals surface area contributed by atoms with Crippen LogP contribution in [0.4, 0.5) is 10.5 Å². The van der Waals surface area contributed by atoms with Crippen molar-refractivity contribution in [3.63, 3.8) is 0 Å². The zero-order valence-corrected chi connectivity index (χ0v) is 14.9. The molecule has 0 radical (unpaired) electrons. The van der Waals surface area contributed by atoms with Gasteiger partial charge in [0.2, 0.25) is 5.91 Å². The standard InChI is InChI=1S/C20H25N3O2/c1-20(2,3)16-9-11-17(12-10-16)23-18(24)14-22-19(25)21-13-15-7-5-4-6-8-15/h4-12H,13-14H2,1-3H3,(H,23,24)(H2,21,22,25). The van der Waals surface area contributed by atoms with E-state index in [-0.39, 0.29) is 23.9 Å². The summed E-state index contributed by atoms with van der Waals surface area (Å²) < 4.78 is 0. The third-order valence-electron chi connectivity index (χ3n) is 3.74. The highest BCUT2D eigenvalue weighted by Crippen LogP contribution is 2.23. The molecular formula is C20H25N3O2. The van der Waals surface area contributed by atoms with Crippen LogP contribution in [0, 0.1) is 0 Å². The zero-order chi connectivity index (χ0) is 18.3. The molecule has 132 valence electrons. The molecule has 0 aliphatic heterocycles. The van der Waals surface area contributed by atoms with Gasteiger partial charge in [0.1, 0.15) is 0 Å². The van der Waals surface area contributed by atoms with Gasteiger partial charge >= 0.3 is 6.03 Å². The van der Waals surface area contributed by atoms with Crippen LogP contribution in [0.5, 0.6) is 0 Å². The summed E-state index contributed by atoms with van der Waals surface area (Å²) in [5.41, 5.74) is 2.98. The topological polar surface area (TPSA) is 70.2 Å². The van der Waals surface area contributed by atoms with Crippen LogP contribution in [-0.4, -0.2) is 18.5 Å². The maximum atomic E-state index is 11.9. The Hall–Kier alpha value is -2.82. The average molecular weight is 339 g/mol. The lowest BCUT2D eigenvalue weighted by atomic mass is 9.87. The fourth-order valence-corrected chi connectivity index (χ4v) is 2.26. The highest BCUT2D eigenvalue weighted by Gasteiger charge is 2.13. The largest absolute Gasteiger partial charge is 0.334 e. The third kappa shape index (κ3) is 6.30. The lowest BCUT2D eigenvalue weighted by Crippen LogP contribution is -2.39. The highest BCUT2D eigenvalue weighted by molar-refractivity contribution is 5.94. The van der Waals surface area contributed by atoms with Gasteiger partial charge in [-0.3, -0.25) is 4.79 Å². The predicted molar refractivity (Wildman–Crippen MR) is 100 cm³/mol. The Balaban J connectivity index is 1.74. The second-order valence-electron chi connectivity index (χ2n) is 6.90. The number of hydrogen-bond acceptors (Lipinski definition) is 2. The van der Waals surface area contributed by atoms with E-state index in [1.165, 1.54) is 5.56 Å². The van der Waals surface area contributed by atoms with Gasteiger partial charge in [-0.15, -0.1) is 0 Å². The molecule has 3 N–H and O–H groups in total. The number of carbonyl (C=O) groups is 2. The van der Waals surface area contributed by atoms with E-state index in [4.69, 9.17) is 0 Å². The van der Waals surface area contributed by atoms with E-state index in [1.807, 2.05) is 54.6 Å². The van der Waals surface area contributed by atoms with Gasteiger partial charge in [-0.05, 0) is 28.7 Å². The molecule has 0 unspecified atom stereocenters. The summed E-state index contributed by atoms with van der Waals surface area (Å²) in [6.07, 6.45) is 0. The molecule has 2 aromatic carbocycles. The molecular weight excluding hydrogens is 314 g/mol. The molecule has 5 nitrogen and oxygen atoms in total. The van der Waals surface area contributed by atoms with Crippen molar-refractivity contribution in [2.45, 2.75) is 32.7 Å². The lowest BCUT2D eigenvalue weighted by Gasteiger charge is -2.19. The fraction of sp³-hybridized carbons (Fsp3) is 0.300. The van der Waals surface area contributed by atoms with E-state index < -0.39 is 0 Å². The van der Waals surface area contributed by atoms with Crippen LogP contribution >= 0.6 is 0 Å². The lowest BCUT2D eigenvalue weighted by molar-refractivity contribution is -0.115. The Morgan fingerprint density at radius 1 is 0.880 bits per heavy atom. The molecule has 0 aromatic heterocycles. The van der Waals surface area contributed by atoms with Crippen molar-refractivity contribution < 1.29 is 9.59 Å². The summed E-state index contributed by atoms with van der Waals surface area (Å²) in [5.74, 6) is -0.265. The molecule has 2 rings (SSSR count). The number of nitrogens with one attached hydrogen (secondary N) is 3. The van der Waals surface area contributed by atoms with Crippen LogP contribution in [0.15, 0.2) is 54.6 Å². The van der Waals surface area contributed by atoms with Crippen molar-refractivity contribution in [2.24, 2.45) is 0 Å². The second-order valence-corrected chi connectivity index (χ2v) is 6.90. The Kier molecular flexibility index (Phi) is 6.17. The maximum Gasteiger partial charge on any atom is 0.315 e. The van der Waals surface area contributed by atoms with Gasteiger partial charge in [0.15, 0.2) is 0 Å². The molecule has 0 aliphatic rings. The smallest absolute Gasteiger partial charge is 0.315 e. The number of amides is 3. The van der Waals surface area contributed by atoms with E-state index in [1.54, 1.807) is 0 Å². The SMILES string of the molecule is CC(C)(C)c1ccc(NC(=O)CNC(=O)NCc2ccccc2)cc1. The van der Waals surface area contributed by atoms with Gasteiger partial charge in [-0.2, -0.15) is 0 Å². The molecule has 0 aliphatic carbocycles. The van der Waals surface area contributed by atoms with Gasteiger partial charge in [0.25, 0.3) is 0 Å². The molecule has 0 spiro atoms. The molecule has 0 fully saturated rings. The quantitative estimate of drug-likeness (QED) is 0.781. The minimum atomic E-state index is -0.373. The van der Waals surface area contributed by atoms with Crippen LogP contribution in [0.2, 0.25) is 0 Å². The number of anilines is 1. The number of benzene rings is 2. The first kappa shape index (κ1) is 18.5. The average Bonchev–Trinajstić information content (AvgIpc) is 2.59. The molecule has 25 heavy (non-hydrogen) atoms. The van der Waals surface area contributed by atoms with E-state index >= 15 is 0 Å². The number of urea groups is 1. The Morgan fingerprint density at radius 2 is 1.52 bits per heavy atom. The zero-order valence-electron chi connectivity index (χ0n) is 14.9. The van der Waals surface area contributed by atoms with Crippen molar-refractivity contribution in [3.05, 3.63) is 65.7 Å². The summed E-state index contributed by atoms with van der Waals surface area (Å²) in [7, 11) is 0. The molecule has 2 aromatic rings. The summed E-state index contributed by atoms with van der Waals surface area (Å²) >= 11 is 0. The molecule has 0 saturated heterocycles. The van der Waals surface area contributed by atoms with Crippen LogP contribution in [0.25, 0.3) is 0 Å². The molecule has 3 amide bonds. The van der Waals surface area contributed by atoms with Crippen LogP contribution in [0.3, 0.4) is 0 Å². The summed E-state index contributed by atoms with van der Waals surface area (Å²) in [5, 5.41) is 8.03. The molecule has 0 heterocycles. The third-order valence-corrected chi connectivity index (χ3v) is 3.74. The van der Waals surface area contributed by atoms with Gasteiger partial charge in [0.05, 0.1) is 6.54 Å². The van der Waals surface area contributed by atoms with Crippen molar-refractivity contribution >= 4 is 17.6 Å². The minimum absolute atomic E-state index is 0.0704. The van der Waals surface area contributed by atoms with E-state index in [0.717, 1.165) is 5.56 Å². The van der Waals surface area contributed by atoms with Gasteiger partial charge in [0, 0.05) is 12.2 Å².